The quantitative estimate of drug-likeness (QED) is 0.0618. The van der Waals surface area contributed by atoms with Gasteiger partial charge in [-0.15, -0.1) is 0 Å². The maximum atomic E-state index is 15.4. The van der Waals surface area contributed by atoms with E-state index in [-0.39, 0.29) is 63.9 Å². The van der Waals surface area contributed by atoms with Crippen molar-refractivity contribution in [2.75, 3.05) is 24.9 Å². The summed E-state index contributed by atoms with van der Waals surface area (Å²) >= 11 is 0. The fourth-order valence-electron chi connectivity index (χ4n) is 6.70. The molecule has 12 nitrogen and oxygen atoms in total. The number of hydrogen-bond donors (Lipinski definition) is 6. The second-order valence-electron chi connectivity index (χ2n) is 14.2. The molecular formula is C47H41F3N4O8. The van der Waals surface area contributed by atoms with Crippen molar-refractivity contribution < 1.29 is 52.0 Å². The minimum atomic E-state index is -1.31. The van der Waals surface area contributed by atoms with E-state index in [4.69, 9.17) is 9.47 Å². The van der Waals surface area contributed by atoms with E-state index < -0.39 is 53.2 Å². The Hall–Kier alpha value is -7.81. The molecule has 62 heavy (non-hydrogen) atoms. The highest BCUT2D eigenvalue weighted by molar-refractivity contribution is 6.04. The fraction of sp³-hybridized carbons (Fsp3) is 0.149. The van der Waals surface area contributed by atoms with E-state index >= 15 is 4.39 Å². The van der Waals surface area contributed by atoms with Crippen molar-refractivity contribution in [1.82, 2.24) is 10.6 Å². The lowest BCUT2D eigenvalue weighted by molar-refractivity contribution is -0.118. The Morgan fingerprint density at radius 1 is 0.597 bits per heavy atom. The second-order valence-corrected chi connectivity index (χ2v) is 14.2. The maximum Gasteiger partial charge on any atom is 0.254 e. The summed E-state index contributed by atoms with van der Waals surface area (Å²) in [6.07, 6.45) is -0.0970. The lowest BCUT2D eigenvalue weighted by Crippen LogP contribution is -2.45. The van der Waals surface area contributed by atoms with Gasteiger partial charge in [0, 0.05) is 36.1 Å². The molecule has 318 valence electrons. The molecule has 0 aromatic heterocycles. The van der Waals surface area contributed by atoms with E-state index in [2.05, 4.69) is 21.3 Å². The van der Waals surface area contributed by atoms with Gasteiger partial charge in [0.25, 0.3) is 11.8 Å². The number of phenols is 2. The van der Waals surface area contributed by atoms with Crippen molar-refractivity contribution in [2.24, 2.45) is 0 Å². The number of aryl methyl sites for hydroxylation is 1. The molecule has 2 atom stereocenters. The van der Waals surface area contributed by atoms with E-state index in [0.29, 0.717) is 22.3 Å². The number of carbonyl (C=O) groups is 4. The number of carbonyl (C=O) groups excluding carboxylic acids is 4. The van der Waals surface area contributed by atoms with Gasteiger partial charge in [-0.2, -0.15) is 0 Å². The minimum absolute atomic E-state index is 0.00313. The molecule has 0 spiro atoms. The van der Waals surface area contributed by atoms with Crippen LogP contribution in [0.1, 0.15) is 37.4 Å². The van der Waals surface area contributed by atoms with Gasteiger partial charge < -0.3 is 41.0 Å². The van der Waals surface area contributed by atoms with Gasteiger partial charge in [0.05, 0.1) is 31.2 Å². The standard InChI is InChI=1S/C47H41F3N4O8/c1-26-20-29(12-18-34(26)44(57)53-40(21-27-8-14-32(55)15-9-27)46(59)51-38-24-30(48)13-19-42(38)61-2)36-23-31(49)25-39(43(36)62-3)52-47(60)41(22-28-10-16-33(56)17-11-28)54-45(58)35-6-4-5-7-37(35)50/h4-20,23-25,40-41,55-56H,21-22H2,1-3H3,(H,51,59)(H,52,60)(H,53,57)(H,54,58). The molecule has 15 heteroatoms. The zero-order chi connectivity index (χ0) is 44.5. The zero-order valence-electron chi connectivity index (χ0n) is 33.6. The minimum Gasteiger partial charge on any atom is -0.508 e. The molecule has 6 aromatic carbocycles. The first-order valence-electron chi connectivity index (χ1n) is 19.1. The number of aromatic hydroxyl groups is 2. The normalized spacial score (nSPS) is 11.8. The average Bonchev–Trinajstić information content (AvgIpc) is 3.24. The number of amides is 4. The zero-order valence-corrected chi connectivity index (χ0v) is 33.6. The van der Waals surface area contributed by atoms with E-state index in [9.17, 15) is 38.2 Å². The summed E-state index contributed by atoms with van der Waals surface area (Å²) in [6, 6.07) is 25.1. The Morgan fingerprint density at radius 2 is 1.15 bits per heavy atom. The molecular weight excluding hydrogens is 806 g/mol. The first-order chi connectivity index (χ1) is 29.7. The van der Waals surface area contributed by atoms with Crippen molar-refractivity contribution in [2.45, 2.75) is 31.8 Å². The molecule has 0 saturated heterocycles. The molecule has 0 radical (unpaired) electrons. The molecule has 0 bridgehead atoms. The van der Waals surface area contributed by atoms with Gasteiger partial charge in [0.15, 0.2) is 0 Å². The predicted molar refractivity (Wildman–Crippen MR) is 226 cm³/mol. The van der Waals surface area contributed by atoms with Gasteiger partial charge in [-0.1, -0.05) is 48.5 Å². The number of methoxy groups -OCH3 is 2. The summed E-state index contributed by atoms with van der Waals surface area (Å²) in [6.45, 7) is 1.63. The average molecular weight is 847 g/mol. The summed E-state index contributed by atoms with van der Waals surface area (Å²) < 4.78 is 55.0. The van der Waals surface area contributed by atoms with Gasteiger partial charge in [-0.3, -0.25) is 19.2 Å². The molecule has 0 aliphatic carbocycles. The Morgan fingerprint density at radius 3 is 1.69 bits per heavy atom. The third-order valence-electron chi connectivity index (χ3n) is 9.83. The summed E-state index contributed by atoms with van der Waals surface area (Å²) in [7, 11) is 2.67. The lowest BCUT2D eigenvalue weighted by Gasteiger charge is -2.21. The molecule has 0 heterocycles. The summed E-state index contributed by atoms with van der Waals surface area (Å²) in [5, 5.41) is 30.1. The van der Waals surface area contributed by atoms with Gasteiger partial charge >= 0.3 is 0 Å². The maximum absolute atomic E-state index is 15.4. The molecule has 0 aliphatic heterocycles. The molecule has 6 N–H and O–H groups in total. The first kappa shape index (κ1) is 43.8. The Labute approximate surface area is 354 Å². The highest BCUT2D eigenvalue weighted by Crippen LogP contribution is 2.38. The molecule has 0 aliphatic rings. The smallest absolute Gasteiger partial charge is 0.254 e. The van der Waals surface area contributed by atoms with Crippen molar-refractivity contribution in [3.8, 4) is 34.1 Å². The van der Waals surface area contributed by atoms with Crippen LogP contribution in [0.15, 0.2) is 121 Å². The SMILES string of the molecule is COc1ccc(F)cc1NC(=O)C(Cc1ccc(O)cc1)NC(=O)c1ccc(-c2cc(F)cc(NC(=O)C(Cc3ccc(O)cc3)NC(=O)c3ccccc3F)c2OC)cc1C. The highest BCUT2D eigenvalue weighted by atomic mass is 19.1. The van der Waals surface area contributed by atoms with Crippen LogP contribution in [0.3, 0.4) is 0 Å². The van der Waals surface area contributed by atoms with Crippen LogP contribution in [0.4, 0.5) is 24.5 Å². The second kappa shape index (κ2) is 19.5. The Bertz CT molecular complexity index is 2620. The van der Waals surface area contributed by atoms with Crippen molar-refractivity contribution in [3.63, 3.8) is 0 Å². The summed E-state index contributed by atoms with van der Waals surface area (Å²) in [5.74, 6) is -4.96. The highest BCUT2D eigenvalue weighted by Gasteiger charge is 2.27. The van der Waals surface area contributed by atoms with Gasteiger partial charge in [-0.05, 0) is 89.8 Å². The number of phenolic OH excluding ortho intramolecular Hbond substituents is 2. The number of halogens is 3. The van der Waals surface area contributed by atoms with Gasteiger partial charge in [0.2, 0.25) is 11.8 Å². The van der Waals surface area contributed by atoms with Gasteiger partial charge in [0.1, 0.15) is 52.5 Å². The number of hydrogen-bond acceptors (Lipinski definition) is 8. The molecule has 6 aromatic rings. The van der Waals surface area contributed by atoms with E-state index in [1.54, 1.807) is 37.3 Å². The van der Waals surface area contributed by atoms with Crippen LogP contribution >= 0.6 is 0 Å². The van der Waals surface area contributed by atoms with Crippen molar-refractivity contribution >= 4 is 35.0 Å². The van der Waals surface area contributed by atoms with Crippen LogP contribution < -0.4 is 30.7 Å². The Kier molecular flexibility index (Phi) is 13.8. The van der Waals surface area contributed by atoms with Crippen LogP contribution in [-0.4, -0.2) is 60.1 Å². The van der Waals surface area contributed by atoms with Crippen LogP contribution in [0.25, 0.3) is 11.1 Å². The van der Waals surface area contributed by atoms with Gasteiger partial charge in [-0.25, -0.2) is 13.2 Å². The lowest BCUT2D eigenvalue weighted by atomic mass is 9.97. The third-order valence-corrected chi connectivity index (χ3v) is 9.83. The molecule has 0 saturated carbocycles. The van der Waals surface area contributed by atoms with Crippen LogP contribution in [0.5, 0.6) is 23.0 Å². The third kappa shape index (κ3) is 10.7. The van der Waals surface area contributed by atoms with Crippen LogP contribution in [-0.2, 0) is 22.4 Å². The first-order valence-corrected chi connectivity index (χ1v) is 19.1. The number of rotatable bonds is 15. The molecule has 6 rings (SSSR count). The summed E-state index contributed by atoms with van der Waals surface area (Å²) in [5.41, 5.74) is 1.94. The molecule has 0 fully saturated rings. The number of anilines is 2. The molecule has 2 unspecified atom stereocenters. The summed E-state index contributed by atoms with van der Waals surface area (Å²) in [4.78, 5) is 54.6. The monoisotopic (exact) mass is 846 g/mol. The number of nitrogens with one attached hydrogen (secondary N) is 4. The predicted octanol–water partition coefficient (Wildman–Crippen LogP) is 7.47. The van der Waals surface area contributed by atoms with E-state index in [1.165, 1.54) is 87.0 Å². The van der Waals surface area contributed by atoms with E-state index in [0.717, 1.165) is 18.2 Å². The van der Waals surface area contributed by atoms with E-state index in [1.807, 2.05) is 0 Å². The van der Waals surface area contributed by atoms with Crippen molar-refractivity contribution in [3.05, 3.63) is 167 Å². The number of benzene rings is 6. The largest absolute Gasteiger partial charge is 0.508 e. The number of ether oxygens (including phenoxy) is 2. The fourth-order valence-corrected chi connectivity index (χ4v) is 6.70. The van der Waals surface area contributed by atoms with Crippen LogP contribution in [0.2, 0.25) is 0 Å². The topological polar surface area (TPSA) is 175 Å². The Balaban J connectivity index is 1.26. The van der Waals surface area contributed by atoms with Crippen molar-refractivity contribution in [1.29, 1.82) is 0 Å². The molecule has 4 amide bonds. The van der Waals surface area contributed by atoms with Crippen LogP contribution in [0, 0.1) is 24.4 Å².